The van der Waals surface area contributed by atoms with Crippen LogP contribution in [-0.2, 0) is 5.54 Å². The Morgan fingerprint density at radius 3 is 2.06 bits per heavy atom. The van der Waals surface area contributed by atoms with E-state index >= 15 is 0 Å². The molecule has 88 valence electrons. The van der Waals surface area contributed by atoms with Gasteiger partial charge in [-0.05, 0) is 31.0 Å². The van der Waals surface area contributed by atoms with Crippen molar-refractivity contribution in [2.75, 3.05) is 0 Å². The number of nitrogens with two attached hydrogens (primary N) is 1. The largest absolute Gasteiger partial charge is 0.318 e. The summed E-state index contributed by atoms with van der Waals surface area (Å²) in [5.41, 5.74) is 8.05. The molecule has 2 rings (SSSR count). The fraction of sp³-hybridized carbons (Fsp3) is 0.200. The molecule has 2 aromatic carbocycles. The lowest BCUT2D eigenvalue weighted by Gasteiger charge is -2.28. The van der Waals surface area contributed by atoms with Crippen LogP contribution in [-0.4, -0.2) is 0 Å². The third-order valence-electron chi connectivity index (χ3n) is 3.14. The minimum atomic E-state index is -0.809. The molecule has 0 amide bonds. The van der Waals surface area contributed by atoms with Crippen LogP contribution in [0.15, 0.2) is 48.5 Å². The van der Waals surface area contributed by atoms with Gasteiger partial charge in [0.1, 0.15) is 5.82 Å². The van der Waals surface area contributed by atoms with Crippen LogP contribution >= 0.6 is 0 Å². The summed E-state index contributed by atoms with van der Waals surface area (Å²) in [4.78, 5) is 0. The molecule has 2 N–H and O–H groups in total. The Hall–Kier alpha value is -1.67. The highest BCUT2D eigenvalue weighted by molar-refractivity contribution is 5.41. The second kappa shape index (κ2) is 4.30. The average Bonchev–Trinajstić information content (AvgIpc) is 2.29. The van der Waals surface area contributed by atoms with Crippen LogP contribution in [0.2, 0.25) is 0 Å². The van der Waals surface area contributed by atoms with Crippen LogP contribution in [0.25, 0.3) is 0 Å². The summed E-state index contributed by atoms with van der Waals surface area (Å²) in [7, 11) is 0. The number of benzene rings is 2. The number of halogens is 1. The van der Waals surface area contributed by atoms with Gasteiger partial charge in [0.2, 0.25) is 0 Å². The fourth-order valence-electron chi connectivity index (χ4n) is 2.18. The molecular weight excluding hydrogens is 213 g/mol. The van der Waals surface area contributed by atoms with Crippen LogP contribution < -0.4 is 5.73 Å². The normalized spacial score (nSPS) is 14.4. The molecule has 1 unspecified atom stereocenters. The van der Waals surface area contributed by atoms with Crippen molar-refractivity contribution in [3.63, 3.8) is 0 Å². The van der Waals surface area contributed by atoms with Gasteiger partial charge in [0.25, 0.3) is 0 Å². The van der Waals surface area contributed by atoms with E-state index in [0.29, 0.717) is 5.56 Å². The maximum atomic E-state index is 13.8. The topological polar surface area (TPSA) is 26.0 Å². The molecule has 0 spiro atoms. The molecule has 0 aromatic heterocycles. The van der Waals surface area contributed by atoms with Crippen molar-refractivity contribution in [3.8, 4) is 0 Å². The fourth-order valence-corrected chi connectivity index (χ4v) is 2.18. The van der Waals surface area contributed by atoms with Gasteiger partial charge in [-0.2, -0.15) is 0 Å². The molecule has 0 aliphatic heterocycles. The summed E-state index contributed by atoms with van der Waals surface area (Å²) in [5.74, 6) is -0.263. The van der Waals surface area contributed by atoms with E-state index in [0.717, 1.165) is 11.1 Å². The third-order valence-corrected chi connectivity index (χ3v) is 3.14. The maximum absolute atomic E-state index is 13.8. The van der Waals surface area contributed by atoms with Crippen LogP contribution in [0.4, 0.5) is 4.39 Å². The van der Waals surface area contributed by atoms with Gasteiger partial charge in [-0.3, -0.25) is 0 Å². The van der Waals surface area contributed by atoms with Crippen molar-refractivity contribution in [1.29, 1.82) is 0 Å². The number of hydrogen-bond donors (Lipinski definition) is 1. The van der Waals surface area contributed by atoms with E-state index in [-0.39, 0.29) is 5.82 Å². The lowest BCUT2D eigenvalue weighted by Crippen LogP contribution is -2.36. The Kier molecular flexibility index (Phi) is 2.99. The average molecular weight is 229 g/mol. The first kappa shape index (κ1) is 11.8. The summed E-state index contributed by atoms with van der Waals surface area (Å²) in [6, 6.07) is 14.5. The van der Waals surface area contributed by atoms with Gasteiger partial charge in [-0.1, -0.05) is 42.5 Å². The predicted octanol–water partition coefficient (Wildman–Crippen LogP) is 3.36. The Balaban J connectivity index is 2.58. The third kappa shape index (κ3) is 2.08. The molecule has 0 fully saturated rings. The van der Waals surface area contributed by atoms with Gasteiger partial charge in [0.05, 0.1) is 5.54 Å². The van der Waals surface area contributed by atoms with Gasteiger partial charge < -0.3 is 5.73 Å². The standard InChI is InChI=1S/C15H16FN/c1-11-7-3-4-8-12(11)15(2,17)13-9-5-6-10-14(13)16/h3-10H,17H2,1-2H3. The zero-order valence-electron chi connectivity index (χ0n) is 10.1. The highest BCUT2D eigenvalue weighted by Crippen LogP contribution is 2.30. The summed E-state index contributed by atoms with van der Waals surface area (Å²) < 4.78 is 13.8. The quantitative estimate of drug-likeness (QED) is 0.839. The van der Waals surface area contributed by atoms with Crippen LogP contribution in [0.3, 0.4) is 0 Å². The van der Waals surface area contributed by atoms with Crippen LogP contribution in [0.5, 0.6) is 0 Å². The molecule has 0 saturated heterocycles. The van der Waals surface area contributed by atoms with Crippen molar-refractivity contribution in [3.05, 3.63) is 71.0 Å². The van der Waals surface area contributed by atoms with Crippen molar-refractivity contribution in [2.24, 2.45) is 5.73 Å². The van der Waals surface area contributed by atoms with E-state index in [4.69, 9.17) is 5.73 Å². The van der Waals surface area contributed by atoms with Crippen molar-refractivity contribution < 1.29 is 4.39 Å². The molecule has 2 heteroatoms. The van der Waals surface area contributed by atoms with E-state index in [9.17, 15) is 4.39 Å². The molecular formula is C15H16FN. The van der Waals surface area contributed by atoms with Gasteiger partial charge in [-0.15, -0.1) is 0 Å². The van der Waals surface area contributed by atoms with E-state index in [1.165, 1.54) is 6.07 Å². The van der Waals surface area contributed by atoms with Gasteiger partial charge in [0, 0.05) is 5.56 Å². The van der Waals surface area contributed by atoms with E-state index in [1.807, 2.05) is 44.2 Å². The zero-order chi connectivity index (χ0) is 12.5. The summed E-state index contributed by atoms with van der Waals surface area (Å²) >= 11 is 0. The van der Waals surface area contributed by atoms with Crippen molar-refractivity contribution >= 4 is 0 Å². The number of hydrogen-bond acceptors (Lipinski definition) is 1. The van der Waals surface area contributed by atoms with Crippen molar-refractivity contribution in [1.82, 2.24) is 0 Å². The van der Waals surface area contributed by atoms with Gasteiger partial charge in [-0.25, -0.2) is 4.39 Å². The first-order valence-electron chi connectivity index (χ1n) is 5.63. The van der Waals surface area contributed by atoms with Gasteiger partial charge in [0.15, 0.2) is 0 Å². The smallest absolute Gasteiger partial charge is 0.128 e. The maximum Gasteiger partial charge on any atom is 0.128 e. The van der Waals surface area contributed by atoms with Gasteiger partial charge >= 0.3 is 0 Å². The SMILES string of the molecule is Cc1ccccc1C(C)(N)c1ccccc1F. The Morgan fingerprint density at radius 2 is 1.47 bits per heavy atom. The monoisotopic (exact) mass is 229 g/mol. The molecule has 0 saturated carbocycles. The zero-order valence-corrected chi connectivity index (χ0v) is 10.1. The van der Waals surface area contributed by atoms with Crippen molar-refractivity contribution in [2.45, 2.75) is 19.4 Å². The lowest BCUT2D eigenvalue weighted by molar-refractivity contribution is 0.529. The summed E-state index contributed by atoms with van der Waals surface area (Å²) in [6.45, 7) is 3.83. The minimum Gasteiger partial charge on any atom is -0.318 e. The second-order valence-electron chi connectivity index (χ2n) is 4.50. The highest BCUT2D eigenvalue weighted by atomic mass is 19.1. The van der Waals surface area contributed by atoms with Crippen LogP contribution in [0, 0.1) is 12.7 Å². The molecule has 0 aliphatic carbocycles. The molecule has 0 heterocycles. The Bertz CT molecular complexity index is 484. The molecule has 1 atom stereocenters. The predicted molar refractivity (Wildman–Crippen MR) is 68.2 cm³/mol. The summed E-state index contributed by atoms with van der Waals surface area (Å²) in [6.07, 6.45) is 0. The van der Waals surface area contributed by atoms with E-state index in [1.54, 1.807) is 12.1 Å². The molecule has 1 nitrogen and oxygen atoms in total. The molecule has 0 bridgehead atoms. The molecule has 0 aliphatic rings. The second-order valence-corrected chi connectivity index (χ2v) is 4.50. The first-order chi connectivity index (χ1) is 8.03. The summed E-state index contributed by atoms with van der Waals surface area (Å²) in [5, 5.41) is 0. The molecule has 2 aromatic rings. The lowest BCUT2D eigenvalue weighted by atomic mass is 9.83. The van der Waals surface area contributed by atoms with E-state index in [2.05, 4.69) is 0 Å². The first-order valence-corrected chi connectivity index (χ1v) is 5.63. The number of rotatable bonds is 2. The highest BCUT2D eigenvalue weighted by Gasteiger charge is 2.27. The Morgan fingerprint density at radius 1 is 0.941 bits per heavy atom. The minimum absolute atomic E-state index is 0.263. The molecule has 17 heavy (non-hydrogen) atoms. The van der Waals surface area contributed by atoms with Crippen LogP contribution in [0.1, 0.15) is 23.6 Å². The molecule has 0 radical (unpaired) electrons. The van der Waals surface area contributed by atoms with E-state index < -0.39 is 5.54 Å². The number of aryl methyl sites for hydroxylation is 1. The Labute approximate surface area is 101 Å².